The van der Waals surface area contributed by atoms with Crippen molar-refractivity contribution in [2.24, 2.45) is 0 Å². The smallest absolute Gasteiger partial charge is 0.389 e. The number of aromatic hydroxyl groups is 1. The number of carbonyl (C=O) groups excluding carboxylic acids is 1. The summed E-state index contributed by atoms with van der Waals surface area (Å²) in [4.78, 5) is 11.6. The third-order valence-electron chi connectivity index (χ3n) is 2.47. The summed E-state index contributed by atoms with van der Waals surface area (Å²) in [5.74, 6) is -0.660. The molecule has 0 aliphatic rings. The summed E-state index contributed by atoms with van der Waals surface area (Å²) in [5.41, 5.74) is 5.75. The molecule has 0 radical (unpaired) electrons. The Morgan fingerprint density at radius 3 is 2.58 bits per heavy atom. The van der Waals surface area contributed by atoms with Gasteiger partial charge in [-0.2, -0.15) is 13.2 Å². The van der Waals surface area contributed by atoms with Crippen molar-refractivity contribution in [1.82, 2.24) is 5.32 Å². The molecule has 4 nitrogen and oxygen atoms in total. The highest BCUT2D eigenvalue weighted by Crippen LogP contribution is 2.22. The average molecular weight is 276 g/mol. The zero-order valence-corrected chi connectivity index (χ0v) is 10.1. The van der Waals surface area contributed by atoms with Gasteiger partial charge in [0.05, 0.1) is 5.69 Å². The second kappa shape index (κ2) is 6.31. The lowest BCUT2D eigenvalue weighted by atomic mass is 10.1. The lowest BCUT2D eigenvalue weighted by molar-refractivity contribution is -0.135. The maximum absolute atomic E-state index is 11.9. The Kier molecular flexibility index (Phi) is 5.02. The summed E-state index contributed by atoms with van der Waals surface area (Å²) >= 11 is 0. The molecule has 0 unspecified atom stereocenters. The number of nitrogens with one attached hydrogen (secondary N) is 1. The number of hydrogen-bond donors (Lipinski definition) is 3. The monoisotopic (exact) mass is 276 g/mol. The van der Waals surface area contributed by atoms with Crippen LogP contribution in [0.2, 0.25) is 0 Å². The van der Waals surface area contributed by atoms with Crippen molar-refractivity contribution in [2.45, 2.75) is 25.4 Å². The Hall–Kier alpha value is -1.92. The minimum absolute atomic E-state index is 0.0310. The maximum atomic E-state index is 11.9. The molecule has 0 aromatic heterocycles. The number of hydrogen-bond acceptors (Lipinski definition) is 3. The van der Waals surface area contributed by atoms with E-state index in [1.807, 2.05) is 0 Å². The topological polar surface area (TPSA) is 75.4 Å². The van der Waals surface area contributed by atoms with E-state index in [2.05, 4.69) is 5.32 Å². The van der Waals surface area contributed by atoms with Crippen LogP contribution >= 0.6 is 0 Å². The van der Waals surface area contributed by atoms with E-state index in [9.17, 15) is 23.1 Å². The van der Waals surface area contributed by atoms with E-state index >= 15 is 0 Å². The number of nitrogens with two attached hydrogens (primary N) is 1. The second-order valence-corrected chi connectivity index (χ2v) is 4.10. The second-order valence-electron chi connectivity index (χ2n) is 4.10. The van der Waals surface area contributed by atoms with Gasteiger partial charge >= 0.3 is 6.18 Å². The van der Waals surface area contributed by atoms with Crippen LogP contribution in [0.4, 0.5) is 18.9 Å². The normalized spacial score (nSPS) is 11.3. The fourth-order valence-electron chi connectivity index (χ4n) is 1.44. The van der Waals surface area contributed by atoms with Gasteiger partial charge in [0, 0.05) is 18.5 Å². The van der Waals surface area contributed by atoms with E-state index < -0.39 is 18.5 Å². The van der Waals surface area contributed by atoms with E-state index in [1.165, 1.54) is 18.2 Å². The van der Waals surface area contributed by atoms with Crippen LogP contribution in [-0.4, -0.2) is 23.7 Å². The number of phenolic OH excluding ortho intramolecular Hbond substituents is 1. The molecule has 1 aromatic carbocycles. The van der Waals surface area contributed by atoms with Crippen molar-refractivity contribution in [3.63, 3.8) is 0 Å². The molecule has 106 valence electrons. The summed E-state index contributed by atoms with van der Waals surface area (Å²) in [6.45, 7) is 0.153. The first kappa shape index (κ1) is 15.1. The lowest BCUT2D eigenvalue weighted by Crippen LogP contribution is -2.24. The minimum atomic E-state index is -4.16. The van der Waals surface area contributed by atoms with Crippen molar-refractivity contribution in [3.8, 4) is 5.75 Å². The first-order chi connectivity index (χ1) is 8.79. The number of rotatable bonds is 5. The number of amides is 1. The van der Waals surface area contributed by atoms with Gasteiger partial charge in [0.2, 0.25) is 0 Å². The van der Waals surface area contributed by atoms with Gasteiger partial charge < -0.3 is 16.2 Å². The molecule has 19 heavy (non-hydrogen) atoms. The molecule has 0 saturated carbocycles. The van der Waals surface area contributed by atoms with Crippen molar-refractivity contribution in [2.75, 3.05) is 12.3 Å². The Labute approximate surface area is 108 Å². The number of alkyl halides is 3. The predicted molar refractivity (Wildman–Crippen MR) is 64.8 cm³/mol. The fourth-order valence-corrected chi connectivity index (χ4v) is 1.44. The maximum Gasteiger partial charge on any atom is 0.389 e. The molecule has 0 atom stereocenters. The molecule has 0 saturated heterocycles. The van der Waals surface area contributed by atoms with Crippen LogP contribution in [0.15, 0.2) is 18.2 Å². The summed E-state index contributed by atoms with van der Waals surface area (Å²) in [6.07, 6.45) is -4.80. The molecule has 4 N–H and O–H groups in total. The standard InChI is InChI=1S/C12H15F3N2O2/c13-12(14,15)5-1-2-6-17-11(19)8-3-4-9(16)10(18)7-8/h3-4,7,18H,1-2,5-6,16H2,(H,17,19). The van der Waals surface area contributed by atoms with Crippen molar-refractivity contribution in [1.29, 1.82) is 0 Å². The number of unbranched alkanes of at least 4 members (excludes halogenated alkanes) is 1. The molecular formula is C12H15F3N2O2. The molecule has 0 aliphatic carbocycles. The van der Waals surface area contributed by atoms with Crippen LogP contribution in [0.1, 0.15) is 29.6 Å². The van der Waals surface area contributed by atoms with Gasteiger partial charge in [-0.15, -0.1) is 0 Å². The average Bonchev–Trinajstić information content (AvgIpc) is 2.30. The van der Waals surface area contributed by atoms with Crippen LogP contribution in [0.5, 0.6) is 5.75 Å². The van der Waals surface area contributed by atoms with Crippen molar-refractivity contribution in [3.05, 3.63) is 23.8 Å². The van der Waals surface area contributed by atoms with E-state index in [-0.39, 0.29) is 36.4 Å². The van der Waals surface area contributed by atoms with Gasteiger partial charge in [-0.1, -0.05) is 0 Å². The number of benzene rings is 1. The minimum Gasteiger partial charge on any atom is -0.506 e. The molecule has 0 fully saturated rings. The first-order valence-corrected chi connectivity index (χ1v) is 5.73. The predicted octanol–water partition coefficient (Wildman–Crippen LogP) is 2.44. The Morgan fingerprint density at radius 1 is 1.32 bits per heavy atom. The Balaban J connectivity index is 2.33. The fraction of sp³-hybridized carbons (Fsp3) is 0.417. The highest BCUT2D eigenvalue weighted by Gasteiger charge is 2.25. The number of anilines is 1. The van der Waals surface area contributed by atoms with E-state index in [4.69, 9.17) is 5.73 Å². The summed E-state index contributed by atoms with van der Waals surface area (Å²) < 4.78 is 35.6. The van der Waals surface area contributed by atoms with Crippen LogP contribution in [0, 0.1) is 0 Å². The molecule has 1 rings (SSSR count). The molecule has 0 bridgehead atoms. The molecule has 7 heteroatoms. The van der Waals surface area contributed by atoms with Crippen LogP contribution in [0.3, 0.4) is 0 Å². The van der Waals surface area contributed by atoms with Gasteiger partial charge in [0.15, 0.2) is 0 Å². The number of nitrogen functional groups attached to an aromatic ring is 1. The van der Waals surface area contributed by atoms with Crippen LogP contribution in [0.25, 0.3) is 0 Å². The lowest BCUT2D eigenvalue weighted by Gasteiger charge is -2.08. The Morgan fingerprint density at radius 2 is 2.00 bits per heavy atom. The van der Waals surface area contributed by atoms with Crippen molar-refractivity contribution < 1.29 is 23.1 Å². The largest absolute Gasteiger partial charge is 0.506 e. The van der Waals surface area contributed by atoms with Gasteiger partial charge in [0.25, 0.3) is 5.91 Å². The third-order valence-corrected chi connectivity index (χ3v) is 2.47. The SMILES string of the molecule is Nc1ccc(C(=O)NCCCCC(F)(F)F)cc1O. The molecule has 1 aromatic rings. The van der Waals surface area contributed by atoms with Gasteiger partial charge in [-0.3, -0.25) is 4.79 Å². The Bertz CT molecular complexity index is 447. The van der Waals surface area contributed by atoms with Crippen molar-refractivity contribution >= 4 is 11.6 Å². The zero-order valence-electron chi connectivity index (χ0n) is 10.1. The molecule has 0 aliphatic heterocycles. The quantitative estimate of drug-likeness (QED) is 0.439. The zero-order chi connectivity index (χ0) is 14.5. The van der Waals surface area contributed by atoms with Crippen LogP contribution in [-0.2, 0) is 0 Å². The van der Waals surface area contributed by atoms with E-state index in [1.54, 1.807) is 0 Å². The molecule has 1 amide bonds. The van der Waals surface area contributed by atoms with Crippen LogP contribution < -0.4 is 11.1 Å². The summed E-state index contributed by atoms with van der Waals surface area (Å²) in [6, 6.07) is 4.02. The molecular weight excluding hydrogens is 261 g/mol. The number of halogens is 3. The van der Waals surface area contributed by atoms with E-state index in [0.717, 1.165) is 0 Å². The third kappa shape index (κ3) is 5.50. The number of carbonyl (C=O) groups is 1. The summed E-state index contributed by atoms with van der Waals surface area (Å²) in [5, 5.41) is 11.8. The van der Waals surface area contributed by atoms with Gasteiger partial charge in [0.1, 0.15) is 5.75 Å². The van der Waals surface area contributed by atoms with E-state index in [0.29, 0.717) is 0 Å². The highest BCUT2D eigenvalue weighted by atomic mass is 19.4. The summed E-state index contributed by atoms with van der Waals surface area (Å²) in [7, 11) is 0. The van der Waals surface area contributed by atoms with Gasteiger partial charge in [-0.05, 0) is 31.0 Å². The first-order valence-electron chi connectivity index (χ1n) is 5.73. The molecule has 0 heterocycles. The molecule has 0 spiro atoms. The highest BCUT2D eigenvalue weighted by molar-refractivity contribution is 5.95. The van der Waals surface area contributed by atoms with Gasteiger partial charge in [-0.25, -0.2) is 0 Å². The number of phenols is 1.